The lowest BCUT2D eigenvalue weighted by Gasteiger charge is -2.31. The third kappa shape index (κ3) is 6.43. The highest BCUT2D eigenvalue weighted by Gasteiger charge is 2.24. The second-order valence-electron chi connectivity index (χ2n) is 9.02. The van der Waals surface area contributed by atoms with Gasteiger partial charge in [-0.2, -0.15) is 13.5 Å². The van der Waals surface area contributed by atoms with Crippen molar-refractivity contribution < 1.29 is 13.2 Å². The first-order valence-electron chi connectivity index (χ1n) is 12.0. The minimum absolute atomic E-state index is 0. The second kappa shape index (κ2) is 11.7. The summed E-state index contributed by atoms with van der Waals surface area (Å²) < 4.78 is 30.8. The van der Waals surface area contributed by atoms with Gasteiger partial charge < -0.3 is 20.7 Å². The molecule has 0 saturated carbocycles. The fraction of sp³-hybridized carbons (Fsp3) is 0.458. The van der Waals surface area contributed by atoms with Gasteiger partial charge in [-0.1, -0.05) is 12.1 Å². The van der Waals surface area contributed by atoms with E-state index in [1.54, 1.807) is 16.7 Å². The fourth-order valence-corrected chi connectivity index (χ4v) is 5.38. The molecule has 0 bridgehead atoms. The van der Waals surface area contributed by atoms with Gasteiger partial charge in [0.1, 0.15) is 5.52 Å². The first kappa shape index (κ1) is 26.6. The van der Waals surface area contributed by atoms with Gasteiger partial charge in [0.25, 0.3) is 0 Å². The molecule has 2 fully saturated rings. The van der Waals surface area contributed by atoms with Crippen LogP contribution in [-0.4, -0.2) is 85.4 Å². The molecule has 0 amide bonds. The number of pyridine rings is 1. The number of anilines is 2. The van der Waals surface area contributed by atoms with E-state index in [1.165, 1.54) is 6.26 Å². The van der Waals surface area contributed by atoms with Crippen molar-refractivity contribution in [3.8, 4) is 11.3 Å². The van der Waals surface area contributed by atoms with Crippen LogP contribution in [0.5, 0.6) is 0 Å². The van der Waals surface area contributed by atoms with Crippen LogP contribution in [0.2, 0.25) is 0 Å². The first-order valence-corrected chi connectivity index (χ1v) is 13.8. The number of nitrogens with one attached hydrogen (secondary N) is 3. The SMILES string of the molecule is CS(=O)(=O)N1CCC(Nc2ccc(-c3cc4nccnc4c(NC[C@@H]4CNCCO4)n3)cc2)CC1.S. The predicted molar refractivity (Wildman–Crippen MR) is 147 cm³/mol. The van der Waals surface area contributed by atoms with Crippen molar-refractivity contribution in [2.45, 2.75) is 25.0 Å². The molecule has 2 aliphatic rings. The molecule has 194 valence electrons. The topological polar surface area (TPSA) is 121 Å². The molecule has 4 heterocycles. The number of fused-ring (bicyclic) bond motifs is 1. The van der Waals surface area contributed by atoms with Gasteiger partial charge in [-0.05, 0) is 31.0 Å². The summed E-state index contributed by atoms with van der Waals surface area (Å²) in [6.07, 6.45) is 6.29. The minimum atomic E-state index is -3.11. The predicted octanol–water partition coefficient (Wildman–Crippen LogP) is 2.04. The molecule has 10 nitrogen and oxygen atoms in total. The number of hydrogen-bond donors (Lipinski definition) is 3. The Hall–Kier alpha value is -2.51. The number of hydrogen-bond acceptors (Lipinski definition) is 9. The first-order chi connectivity index (χ1) is 17.0. The molecular formula is C24H33N7O3S2. The molecule has 0 unspecified atom stereocenters. The summed E-state index contributed by atoms with van der Waals surface area (Å²) in [5, 5.41) is 10.3. The van der Waals surface area contributed by atoms with Crippen LogP contribution in [0.25, 0.3) is 22.3 Å². The number of ether oxygens (including phenoxy) is 1. The third-order valence-electron chi connectivity index (χ3n) is 6.43. The van der Waals surface area contributed by atoms with Crippen LogP contribution in [0.1, 0.15) is 12.8 Å². The van der Waals surface area contributed by atoms with Gasteiger partial charge in [0, 0.05) is 62.4 Å². The van der Waals surface area contributed by atoms with Crippen molar-refractivity contribution >= 4 is 46.1 Å². The van der Waals surface area contributed by atoms with Crippen molar-refractivity contribution in [2.24, 2.45) is 0 Å². The van der Waals surface area contributed by atoms with Crippen LogP contribution >= 0.6 is 13.5 Å². The van der Waals surface area contributed by atoms with Gasteiger partial charge in [-0.25, -0.2) is 22.7 Å². The van der Waals surface area contributed by atoms with Gasteiger partial charge >= 0.3 is 0 Å². The van der Waals surface area contributed by atoms with Crippen LogP contribution in [0.15, 0.2) is 42.7 Å². The highest BCUT2D eigenvalue weighted by Crippen LogP contribution is 2.27. The number of aromatic nitrogens is 3. The van der Waals surface area contributed by atoms with Crippen LogP contribution in [-0.2, 0) is 14.8 Å². The van der Waals surface area contributed by atoms with Crippen molar-refractivity contribution in [1.29, 1.82) is 0 Å². The van der Waals surface area contributed by atoms with Crippen LogP contribution < -0.4 is 16.0 Å². The molecule has 5 rings (SSSR count). The van der Waals surface area contributed by atoms with Crippen LogP contribution in [0.3, 0.4) is 0 Å². The number of morpholine rings is 1. The summed E-state index contributed by atoms with van der Waals surface area (Å²) in [7, 11) is -3.11. The van der Waals surface area contributed by atoms with E-state index in [0.29, 0.717) is 32.1 Å². The van der Waals surface area contributed by atoms with Gasteiger partial charge in [-0.3, -0.25) is 4.98 Å². The van der Waals surface area contributed by atoms with Crippen LogP contribution in [0, 0.1) is 0 Å². The average Bonchev–Trinajstić information content (AvgIpc) is 2.88. The highest BCUT2D eigenvalue weighted by molar-refractivity contribution is 7.88. The molecule has 3 N–H and O–H groups in total. The van der Waals surface area contributed by atoms with E-state index in [9.17, 15) is 8.42 Å². The average molecular weight is 532 g/mol. The molecule has 2 aliphatic heterocycles. The Morgan fingerprint density at radius 1 is 1.14 bits per heavy atom. The molecule has 12 heteroatoms. The molecule has 2 saturated heterocycles. The van der Waals surface area contributed by atoms with Gasteiger partial charge in [0.05, 0.1) is 30.2 Å². The van der Waals surface area contributed by atoms with Crippen molar-refractivity contribution in [3.05, 3.63) is 42.7 Å². The van der Waals surface area contributed by atoms with Gasteiger partial charge in [0.2, 0.25) is 10.0 Å². The van der Waals surface area contributed by atoms with E-state index < -0.39 is 10.0 Å². The van der Waals surface area contributed by atoms with Crippen molar-refractivity contribution in [2.75, 3.05) is 56.2 Å². The molecule has 0 radical (unpaired) electrons. The summed E-state index contributed by atoms with van der Waals surface area (Å²) in [6, 6.07) is 10.4. The maximum Gasteiger partial charge on any atom is 0.211 e. The van der Waals surface area contributed by atoms with E-state index in [4.69, 9.17) is 9.72 Å². The maximum absolute atomic E-state index is 11.7. The van der Waals surface area contributed by atoms with E-state index in [1.807, 2.05) is 30.3 Å². The van der Waals surface area contributed by atoms with Crippen molar-refractivity contribution in [1.82, 2.24) is 24.6 Å². The lowest BCUT2D eigenvalue weighted by molar-refractivity contribution is 0.0372. The monoisotopic (exact) mass is 531 g/mol. The molecule has 1 atom stereocenters. The standard InChI is InChI=1S/C24H31N7O3S.H2S/c1-35(32,33)31-11-6-19(7-12-31)29-18-4-2-17(3-5-18)21-14-22-23(27-9-8-26-22)24(30-21)28-16-20-15-25-10-13-34-20;/h2-5,8-9,14,19-20,25,29H,6-7,10-13,15-16H2,1H3,(H,28,30);1H2/t20-;/m0./s1. The van der Waals surface area contributed by atoms with E-state index >= 15 is 0 Å². The van der Waals surface area contributed by atoms with E-state index in [0.717, 1.165) is 53.9 Å². The zero-order valence-electron chi connectivity index (χ0n) is 20.3. The Morgan fingerprint density at radius 2 is 1.89 bits per heavy atom. The van der Waals surface area contributed by atoms with Gasteiger partial charge in [0.15, 0.2) is 5.82 Å². The lowest BCUT2D eigenvalue weighted by atomic mass is 10.1. The van der Waals surface area contributed by atoms with E-state index in [2.05, 4.69) is 25.9 Å². The Bertz CT molecular complexity index is 1260. The maximum atomic E-state index is 11.7. The summed E-state index contributed by atoms with van der Waals surface area (Å²) in [6.45, 7) is 4.12. The quantitative estimate of drug-likeness (QED) is 0.420. The summed E-state index contributed by atoms with van der Waals surface area (Å²) in [4.78, 5) is 13.8. The number of benzene rings is 1. The Balaban J connectivity index is 0.00000304. The largest absolute Gasteiger partial charge is 0.382 e. The fourth-order valence-electron chi connectivity index (χ4n) is 4.51. The Morgan fingerprint density at radius 3 is 2.58 bits per heavy atom. The number of sulfonamides is 1. The molecule has 0 spiro atoms. The summed E-state index contributed by atoms with van der Waals surface area (Å²) in [5.74, 6) is 0.694. The number of nitrogens with zero attached hydrogens (tertiary/aromatic N) is 4. The lowest BCUT2D eigenvalue weighted by Crippen LogP contribution is -2.42. The number of rotatable bonds is 7. The Labute approximate surface area is 218 Å². The highest BCUT2D eigenvalue weighted by atomic mass is 32.2. The molecule has 3 aromatic rings. The van der Waals surface area contributed by atoms with Gasteiger partial charge in [-0.15, -0.1) is 0 Å². The number of piperidine rings is 1. The second-order valence-corrected chi connectivity index (χ2v) is 11.0. The normalized spacial score (nSPS) is 19.5. The molecule has 2 aromatic heterocycles. The zero-order valence-corrected chi connectivity index (χ0v) is 22.1. The third-order valence-corrected chi connectivity index (χ3v) is 7.74. The van der Waals surface area contributed by atoms with Crippen LogP contribution in [0.4, 0.5) is 11.5 Å². The molecular weight excluding hydrogens is 498 g/mol. The van der Waals surface area contributed by atoms with Crippen molar-refractivity contribution in [3.63, 3.8) is 0 Å². The smallest absolute Gasteiger partial charge is 0.211 e. The zero-order chi connectivity index (χ0) is 24.3. The molecule has 1 aromatic carbocycles. The van der Waals surface area contributed by atoms with E-state index in [-0.39, 0.29) is 25.6 Å². The summed E-state index contributed by atoms with van der Waals surface area (Å²) >= 11 is 0. The molecule has 36 heavy (non-hydrogen) atoms. The molecule has 0 aliphatic carbocycles. The Kier molecular flexibility index (Phi) is 8.62. The summed E-state index contributed by atoms with van der Waals surface area (Å²) in [5.41, 5.74) is 4.32. The minimum Gasteiger partial charge on any atom is -0.382 e.